The number of alkyl halides is 3. The number of halogens is 3. The minimum Gasteiger partial charge on any atom is -0.481 e. The molecule has 2 amide bonds. The summed E-state index contributed by atoms with van der Waals surface area (Å²) in [6.07, 6.45) is -1.95. The lowest BCUT2D eigenvalue weighted by molar-refractivity contribution is -0.274. The van der Waals surface area contributed by atoms with E-state index in [1.807, 2.05) is 29.2 Å². The van der Waals surface area contributed by atoms with Crippen LogP contribution in [-0.4, -0.2) is 46.2 Å². The summed E-state index contributed by atoms with van der Waals surface area (Å²) >= 11 is 0. The molecule has 3 atom stereocenters. The zero-order chi connectivity index (χ0) is 26.5. The fourth-order valence-corrected chi connectivity index (χ4v) is 5.84. The molecule has 0 saturated heterocycles. The van der Waals surface area contributed by atoms with E-state index in [2.05, 4.69) is 11.7 Å². The van der Waals surface area contributed by atoms with Gasteiger partial charge in [-0.2, -0.15) is 0 Å². The number of hydrogen-bond donors (Lipinski definition) is 1. The van der Waals surface area contributed by atoms with E-state index < -0.39 is 23.5 Å². The molecule has 7 nitrogen and oxygen atoms in total. The van der Waals surface area contributed by atoms with E-state index in [0.29, 0.717) is 12.1 Å². The summed E-state index contributed by atoms with van der Waals surface area (Å²) in [6, 6.07) is 11.8. The topological polar surface area (TPSA) is 87.2 Å². The molecule has 3 unspecified atom stereocenters. The number of carbonyl (C=O) groups is 3. The largest absolute Gasteiger partial charge is 0.573 e. The van der Waals surface area contributed by atoms with Crippen LogP contribution in [0.4, 0.5) is 18.9 Å². The van der Waals surface area contributed by atoms with Crippen LogP contribution in [0.15, 0.2) is 48.5 Å². The van der Waals surface area contributed by atoms with Gasteiger partial charge < -0.3 is 19.6 Å². The molecule has 1 N–H and O–H groups in total. The van der Waals surface area contributed by atoms with E-state index in [0.717, 1.165) is 37.0 Å². The van der Waals surface area contributed by atoms with E-state index >= 15 is 0 Å². The predicted molar refractivity (Wildman–Crippen MR) is 127 cm³/mol. The van der Waals surface area contributed by atoms with Crippen molar-refractivity contribution in [3.05, 3.63) is 59.7 Å². The standard InChI is InChI=1S/C27H27F3N2O5/c1-26-15-14-21(26)32(25(36)16-6-10-18(11-7-16)37-27(28,29)30)20-5-3-2-4-19(20)24(26)31(17-8-9-17)22(33)12-13-23(34)35/h2-7,10-11,17,21,24H,8-9,12-15H2,1H3,(H,34,35). The molecule has 1 aliphatic heterocycles. The van der Waals surface area contributed by atoms with Gasteiger partial charge in [-0.05, 0) is 61.6 Å². The zero-order valence-corrected chi connectivity index (χ0v) is 20.2. The number of carbonyl (C=O) groups excluding carboxylic acids is 2. The van der Waals surface area contributed by atoms with Gasteiger partial charge in [-0.1, -0.05) is 25.1 Å². The fourth-order valence-electron chi connectivity index (χ4n) is 5.84. The molecule has 2 aromatic rings. The Balaban J connectivity index is 1.50. The van der Waals surface area contributed by atoms with Gasteiger partial charge in [-0.25, -0.2) is 0 Å². The van der Waals surface area contributed by atoms with Gasteiger partial charge >= 0.3 is 12.3 Å². The number of carboxylic acids is 1. The molecule has 1 heterocycles. The number of carboxylic acid groups (broad SMARTS) is 1. The zero-order valence-electron chi connectivity index (χ0n) is 20.2. The maximum atomic E-state index is 13.7. The molecule has 0 aromatic heterocycles. The Labute approximate surface area is 211 Å². The first-order valence-electron chi connectivity index (χ1n) is 12.3. The average Bonchev–Trinajstić information content (AvgIpc) is 3.67. The SMILES string of the molecule is CC12CCC1N(C(=O)c1ccc(OC(F)(F)F)cc1)c1ccccc1C2N(C(=O)CCC(=O)O)C1CC1. The minimum atomic E-state index is -4.82. The summed E-state index contributed by atoms with van der Waals surface area (Å²) in [5, 5.41) is 9.12. The number of rotatable bonds is 7. The predicted octanol–water partition coefficient (Wildman–Crippen LogP) is 5.31. The highest BCUT2D eigenvalue weighted by Gasteiger charge is 2.60. The second-order valence-corrected chi connectivity index (χ2v) is 10.2. The van der Waals surface area contributed by atoms with E-state index in [1.165, 1.54) is 12.1 Å². The van der Waals surface area contributed by atoms with Crippen molar-refractivity contribution >= 4 is 23.5 Å². The van der Waals surface area contributed by atoms with Crippen LogP contribution in [0.3, 0.4) is 0 Å². The molecule has 3 aliphatic rings. The van der Waals surface area contributed by atoms with Gasteiger partial charge in [0.05, 0.1) is 12.5 Å². The lowest BCUT2D eigenvalue weighted by Gasteiger charge is -2.62. The number of fused-ring (bicyclic) bond motifs is 2. The highest BCUT2D eigenvalue weighted by Crippen LogP contribution is 2.62. The van der Waals surface area contributed by atoms with E-state index in [4.69, 9.17) is 5.11 Å². The van der Waals surface area contributed by atoms with Crippen molar-refractivity contribution in [3.63, 3.8) is 0 Å². The molecule has 2 saturated carbocycles. The molecular formula is C27H27F3N2O5. The first kappa shape index (κ1) is 25.1. The van der Waals surface area contributed by atoms with Crippen molar-refractivity contribution in [2.24, 2.45) is 5.41 Å². The number of hydrogen-bond acceptors (Lipinski definition) is 4. The van der Waals surface area contributed by atoms with Gasteiger partial charge in [0.15, 0.2) is 0 Å². The number of benzene rings is 2. The van der Waals surface area contributed by atoms with Crippen LogP contribution in [-0.2, 0) is 9.59 Å². The quantitative estimate of drug-likeness (QED) is 0.539. The van der Waals surface area contributed by atoms with E-state index in [-0.39, 0.29) is 48.3 Å². The molecule has 0 bridgehead atoms. The average molecular weight is 517 g/mol. The van der Waals surface area contributed by atoms with Gasteiger partial charge in [0.1, 0.15) is 5.75 Å². The first-order chi connectivity index (χ1) is 17.5. The summed E-state index contributed by atoms with van der Waals surface area (Å²) < 4.78 is 41.6. The van der Waals surface area contributed by atoms with Crippen molar-refractivity contribution in [1.82, 2.24) is 4.90 Å². The Morgan fingerprint density at radius 1 is 1.05 bits per heavy atom. The number of amides is 2. The van der Waals surface area contributed by atoms with Gasteiger partial charge in [0.2, 0.25) is 5.91 Å². The summed E-state index contributed by atoms with van der Waals surface area (Å²) in [5.41, 5.74) is 1.26. The Morgan fingerprint density at radius 3 is 2.30 bits per heavy atom. The number of ether oxygens (including phenoxy) is 1. The molecule has 2 aliphatic carbocycles. The molecule has 0 spiro atoms. The summed E-state index contributed by atoms with van der Waals surface area (Å²) in [6.45, 7) is 2.06. The number of aliphatic carboxylic acids is 1. The molecule has 5 rings (SSSR count). The second kappa shape index (κ2) is 9.08. The van der Waals surface area contributed by atoms with Crippen LogP contribution in [0.1, 0.15) is 67.4 Å². The summed E-state index contributed by atoms with van der Waals surface area (Å²) in [7, 11) is 0. The Morgan fingerprint density at radius 2 is 1.73 bits per heavy atom. The maximum absolute atomic E-state index is 13.7. The van der Waals surface area contributed by atoms with Crippen LogP contribution in [0.5, 0.6) is 5.75 Å². The van der Waals surface area contributed by atoms with E-state index in [1.54, 1.807) is 4.90 Å². The number of para-hydroxylation sites is 1. The highest BCUT2D eigenvalue weighted by atomic mass is 19.4. The van der Waals surface area contributed by atoms with Crippen molar-refractivity contribution in [2.45, 2.75) is 69.9 Å². The van der Waals surface area contributed by atoms with Gasteiger partial charge in [0.25, 0.3) is 5.91 Å². The molecular weight excluding hydrogens is 489 g/mol. The van der Waals surface area contributed by atoms with Gasteiger partial charge in [-0.3, -0.25) is 14.4 Å². The summed E-state index contributed by atoms with van der Waals surface area (Å²) in [4.78, 5) is 41.8. The van der Waals surface area contributed by atoms with Crippen molar-refractivity contribution in [2.75, 3.05) is 4.90 Å². The first-order valence-corrected chi connectivity index (χ1v) is 12.3. The van der Waals surface area contributed by atoms with Gasteiger partial charge in [-0.15, -0.1) is 13.2 Å². The Hall–Kier alpha value is -3.56. The van der Waals surface area contributed by atoms with Crippen LogP contribution in [0, 0.1) is 5.41 Å². The molecule has 0 radical (unpaired) electrons. The molecule has 196 valence electrons. The molecule has 2 aromatic carbocycles. The smallest absolute Gasteiger partial charge is 0.481 e. The molecule has 37 heavy (non-hydrogen) atoms. The Bertz CT molecular complexity index is 1230. The third-order valence-electron chi connectivity index (χ3n) is 7.76. The lowest BCUT2D eigenvalue weighted by Crippen LogP contribution is -2.65. The van der Waals surface area contributed by atoms with Crippen LogP contribution in [0.25, 0.3) is 0 Å². The minimum absolute atomic E-state index is 0.0425. The molecule has 10 heteroatoms. The third kappa shape index (κ3) is 4.65. The Kier molecular flexibility index (Phi) is 6.16. The summed E-state index contributed by atoms with van der Waals surface area (Å²) in [5.74, 6) is -1.96. The van der Waals surface area contributed by atoms with Crippen molar-refractivity contribution in [3.8, 4) is 5.75 Å². The normalized spacial score (nSPS) is 24.4. The van der Waals surface area contributed by atoms with Crippen molar-refractivity contribution in [1.29, 1.82) is 0 Å². The van der Waals surface area contributed by atoms with Crippen LogP contribution >= 0.6 is 0 Å². The number of anilines is 1. The third-order valence-corrected chi connectivity index (χ3v) is 7.76. The fraction of sp³-hybridized carbons (Fsp3) is 0.444. The monoisotopic (exact) mass is 516 g/mol. The second-order valence-electron chi connectivity index (χ2n) is 10.2. The van der Waals surface area contributed by atoms with Crippen LogP contribution in [0.2, 0.25) is 0 Å². The van der Waals surface area contributed by atoms with E-state index in [9.17, 15) is 27.6 Å². The van der Waals surface area contributed by atoms with Gasteiger partial charge in [0, 0.05) is 35.2 Å². The van der Waals surface area contributed by atoms with Crippen molar-refractivity contribution < 1.29 is 37.4 Å². The maximum Gasteiger partial charge on any atom is 0.573 e. The number of nitrogens with zero attached hydrogens (tertiary/aromatic N) is 2. The molecule has 2 fully saturated rings. The van der Waals surface area contributed by atoms with Crippen LogP contribution < -0.4 is 9.64 Å². The lowest BCUT2D eigenvalue weighted by atomic mass is 9.56. The highest BCUT2D eigenvalue weighted by molar-refractivity contribution is 6.07.